The van der Waals surface area contributed by atoms with Crippen LogP contribution in [0.15, 0.2) is 91.3 Å². The molecule has 0 atom stereocenters. The highest BCUT2D eigenvalue weighted by Gasteiger charge is 2.05. The van der Waals surface area contributed by atoms with Crippen LogP contribution in [0.5, 0.6) is 0 Å². The Labute approximate surface area is 201 Å². The highest BCUT2D eigenvalue weighted by atomic mass is 35.5. The summed E-state index contributed by atoms with van der Waals surface area (Å²) >= 11 is 17.9. The summed E-state index contributed by atoms with van der Waals surface area (Å²) in [6, 6.07) is 25.0. The van der Waals surface area contributed by atoms with Crippen molar-refractivity contribution in [3.8, 4) is 28.2 Å². The molecule has 0 saturated carbocycles. The van der Waals surface area contributed by atoms with Crippen molar-refractivity contribution in [2.75, 3.05) is 0 Å². The minimum atomic E-state index is 0.708. The number of hydrogen-bond donors (Lipinski definition) is 1. The van der Waals surface area contributed by atoms with Crippen LogP contribution in [0.2, 0.25) is 15.1 Å². The number of rotatable bonds is 3. The van der Waals surface area contributed by atoms with Crippen molar-refractivity contribution >= 4 is 34.8 Å². The minimum absolute atomic E-state index is 0.708. The molecule has 0 aliphatic rings. The van der Waals surface area contributed by atoms with Gasteiger partial charge < -0.3 is 0 Å². The zero-order valence-corrected chi connectivity index (χ0v) is 19.4. The Morgan fingerprint density at radius 2 is 1.50 bits per heavy atom. The van der Waals surface area contributed by atoms with Gasteiger partial charge in [0.2, 0.25) is 0 Å². The van der Waals surface area contributed by atoms with E-state index in [2.05, 4.69) is 15.3 Å². The second kappa shape index (κ2) is 10.0. The predicted molar refractivity (Wildman–Crippen MR) is 133 cm³/mol. The summed E-state index contributed by atoms with van der Waals surface area (Å²) in [5, 5.41) is 13.5. The first-order valence-electron chi connectivity index (χ1n) is 9.83. The minimum Gasteiger partial charge on any atom is -0.278 e. The van der Waals surface area contributed by atoms with E-state index in [0.29, 0.717) is 5.02 Å². The molecule has 0 aliphatic carbocycles. The maximum atomic E-state index is 6.04. The van der Waals surface area contributed by atoms with Gasteiger partial charge in [-0.1, -0.05) is 59.1 Å². The molecular weight excluding hydrogens is 463 g/mol. The third-order valence-corrected chi connectivity index (χ3v) is 5.65. The van der Waals surface area contributed by atoms with E-state index in [1.807, 2.05) is 96.7 Å². The third-order valence-electron chi connectivity index (χ3n) is 4.75. The smallest absolute Gasteiger partial charge is 0.0928 e. The van der Waals surface area contributed by atoms with Crippen LogP contribution in [0.4, 0.5) is 0 Å². The molecule has 0 spiro atoms. The van der Waals surface area contributed by atoms with Crippen molar-refractivity contribution in [1.82, 2.24) is 20.0 Å². The summed E-state index contributed by atoms with van der Waals surface area (Å²) in [7, 11) is 0. The van der Waals surface area contributed by atoms with E-state index in [4.69, 9.17) is 34.8 Å². The van der Waals surface area contributed by atoms with Crippen LogP contribution in [-0.2, 0) is 0 Å². The number of nitrogens with one attached hydrogen (secondary N) is 1. The van der Waals surface area contributed by atoms with Crippen LogP contribution in [-0.4, -0.2) is 20.0 Å². The van der Waals surface area contributed by atoms with Gasteiger partial charge in [-0.2, -0.15) is 10.2 Å². The fourth-order valence-corrected chi connectivity index (χ4v) is 3.61. The number of aromatic nitrogens is 4. The third kappa shape index (κ3) is 5.40. The first-order valence-corrected chi connectivity index (χ1v) is 11.0. The average molecular weight is 482 g/mol. The van der Waals surface area contributed by atoms with E-state index in [1.165, 1.54) is 0 Å². The van der Waals surface area contributed by atoms with Crippen molar-refractivity contribution in [2.24, 2.45) is 0 Å². The lowest BCUT2D eigenvalue weighted by Crippen LogP contribution is -1.95. The molecule has 1 N–H and O–H groups in total. The molecular formula is C25H19Cl3N4. The van der Waals surface area contributed by atoms with Gasteiger partial charge in [-0.25, -0.2) is 4.68 Å². The molecule has 5 rings (SSSR count). The Balaban J connectivity index is 0.000000174. The van der Waals surface area contributed by atoms with Gasteiger partial charge in [-0.3, -0.25) is 5.10 Å². The maximum absolute atomic E-state index is 6.04. The van der Waals surface area contributed by atoms with Crippen molar-refractivity contribution in [3.05, 3.63) is 112 Å². The predicted octanol–water partition coefficient (Wildman–Crippen LogP) is 7.88. The molecule has 0 fully saturated rings. The Morgan fingerprint density at radius 3 is 2.16 bits per heavy atom. The normalized spacial score (nSPS) is 10.5. The molecule has 0 saturated heterocycles. The highest BCUT2D eigenvalue weighted by Crippen LogP contribution is 2.23. The fourth-order valence-electron chi connectivity index (χ4n) is 3.11. The summed E-state index contributed by atoms with van der Waals surface area (Å²) in [6.45, 7) is 1.98. The van der Waals surface area contributed by atoms with Gasteiger partial charge in [-0.15, -0.1) is 0 Å². The molecule has 32 heavy (non-hydrogen) atoms. The Hall–Kier alpha value is -3.05. The molecule has 160 valence electrons. The van der Waals surface area contributed by atoms with E-state index in [1.54, 1.807) is 6.20 Å². The van der Waals surface area contributed by atoms with Gasteiger partial charge in [0.25, 0.3) is 0 Å². The zero-order chi connectivity index (χ0) is 22.5. The lowest BCUT2D eigenvalue weighted by atomic mass is 10.2. The maximum Gasteiger partial charge on any atom is 0.0928 e. The van der Waals surface area contributed by atoms with E-state index in [-0.39, 0.29) is 0 Å². The standard InChI is InChI=1S/C16H12Cl2N2.C9H7ClN2/c1-11-9-14(5-6-15(11)18)20-8-7-16(19-20)12-3-2-4-13(17)10-12;10-8-3-1-2-7(6-8)9-4-5-11-12-9/h2-10H,1H3;1-6H,(H,11,12). The largest absolute Gasteiger partial charge is 0.278 e. The fraction of sp³-hybridized carbons (Fsp3) is 0.0400. The quantitative estimate of drug-likeness (QED) is 0.285. The van der Waals surface area contributed by atoms with Gasteiger partial charge in [0.05, 0.1) is 17.1 Å². The average Bonchev–Trinajstić information content (AvgIpc) is 3.49. The summed E-state index contributed by atoms with van der Waals surface area (Å²) < 4.78 is 1.83. The lowest BCUT2D eigenvalue weighted by molar-refractivity contribution is 0.883. The molecule has 5 aromatic rings. The molecule has 0 amide bonds. The lowest BCUT2D eigenvalue weighted by Gasteiger charge is -2.04. The monoisotopic (exact) mass is 480 g/mol. The van der Waals surface area contributed by atoms with Crippen LogP contribution < -0.4 is 0 Å². The second-order valence-corrected chi connectivity index (χ2v) is 8.35. The van der Waals surface area contributed by atoms with Crippen LogP contribution in [0, 0.1) is 6.92 Å². The Bertz CT molecular complexity index is 1330. The van der Waals surface area contributed by atoms with Gasteiger partial charge in [0.15, 0.2) is 0 Å². The molecule has 0 unspecified atom stereocenters. The van der Waals surface area contributed by atoms with E-state index < -0.39 is 0 Å². The number of hydrogen-bond acceptors (Lipinski definition) is 2. The molecule has 4 nitrogen and oxygen atoms in total. The van der Waals surface area contributed by atoms with Gasteiger partial charge in [0.1, 0.15) is 0 Å². The topological polar surface area (TPSA) is 46.5 Å². The molecule has 2 heterocycles. The Morgan fingerprint density at radius 1 is 0.781 bits per heavy atom. The molecule has 0 aliphatic heterocycles. The number of aromatic amines is 1. The van der Waals surface area contributed by atoms with Gasteiger partial charge in [0, 0.05) is 38.6 Å². The molecule has 0 bridgehead atoms. The van der Waals surface area contributed by atoms with E-state index >= 15 is 0 Å². The van der Waals surface area contributed by atoms with Crippen molar-refractivity contribution in [3.63, 3.8) is 0 Å². The summed E-state index contributed by atoms with van der Waals surface area (Å²) in [5.41, 5.74) is 5.95. The number of nitrogens with zero attached hydrogens (tertiary/aromatic N) is 3. The number of H-pyrrole nitrogens is 1. The van der Waals surface area contributed by atoms with E-state index in [9.17, 15) is 0 Å². The number of aryl methyl sites for hydroxylation is 1. The van der Waals surface area contributed by atoms with Crippen LogP contribution >= 0.6 is 34.8 Å². The molecule has 2 aromatic heterocycles. The first-order chi connectivity index (χ1) is 15.5. The van der Waals surface area contributed by atoms with Gasteiger partial charge in [-0.05, 0) is 67.1 Å². The summed E-state index contributed by atoms with van der Waals surface area (Å²) in [4.78, 5) is 0. The molecule has 7 heteroatoms. The van der Waals surface area contributed by atoms with Gasteiger partial charge >= 0.3 is 0 Å². The Kier molecular flexibility index (Phi) is 6.96. The second-order valence-electron chi connectivity index (χ2n) is 7.07. The zero-order valence-electron chi connectivity index (χ0n) is 17.1. The SMILES string of the molecule is Cc1cc(-n2ccc(-c3cccc(Cl)c3)n2)ccc1Cl.Clc1cccc(-c2ccn[nH]2)c1. The van der Waals surface area contributed by atoms with E-state index in [0.717, 1.165) is 43.8 Å². The van der Waals surface area contributed by atoms with Crippen molar-refractivity contribution in [1.29, 1.82) is 0 Å². The van der Waals surface area contributed by atoms with Crippen molar-refractivity contribution in [2.45, 2.75) is 6.92 Å². The van der Waals surface area contributed by atoms with Crippen LogP contribution in [0.3, 0.4) is 0 Å². The van der Waals surface area contributed by atoms with Crippen LogP contribution in [0.25, 0.3) is 28.2 Å². The molecule has 0 radical (unpaired) electrons. The number of halogens is 3. The first kappa shape index (κ1) is 22.2. The molecule has 3 aromatic carbocycles. The van der Waals surface area contributed by atoms with Crippen molar-refractivity contribution < 1.29 is 0 Å². The summed E-state index contributed by atoms with van der Waals surface area (Å²) in [6.07, 6.45) is 3.65. The summed E-state index contributed by atoms with van der Waals surface area (Å²) in [5.74, 6) is 0. The van der Waals surface area contributed by atoms with Crippen LogP contribution in [0.1, 0.15) is 5.56 Å². The number of benzene rings is 3. The highest BCUT2D eigenvalue weighted by molar-refractivity contribution is 6.31.